The van der Waals surface area contributed by atoms with Crippen molar-refractivity contribution < 1.29 is 25.2 Å². The zero-order chi connectivity index (χ0) is 31.7. The van der Waals surface area contributed by atoms with Crippen LogP contribution in [0.15, 0.2) is 128 Å². The number of para-hydroxylation sites is 1. The Labute approximate surface area is 292 Å². The van der Waals surface area contributed by atoms with Crippen molar-refractivity contribution in [3.8, 4) is 28.4 Å². The topological polar surface area (TPSA) is 44.4 Å². The molecule has 48 heavy (non-hydrogen) atoms. The van der Waals surface area contributed by atoms with Gasteiger partial charge in [-0.2, -0.15) is 6.07 Å². The summed E-state index contributed by atoms with van der Waals surface area (Å²) in [6.45, 7) is 6.72. The van der Waals surface area contributed by atoms with Crippen LogP contribution in [-0.4, -0.2) is 18.9 Å². The maximum Gasteiger partial charge on any atom is 2.00 e. The normalized spacial score (nSPS) is 11.9. The van der Waals surface area contributed by atoms with Crippen LogP contribution < -0.4 is 4.74 Å². The van der Waals surface area contributed by atoms with Crippen LogP contribution in [0.25, 0.3) is 66.2 Å². The van der Waals surface area contributed by atoms with Gasteiger partial charge < -0.3 is 13.7 Å². The molecule has 9 aromatic rings. The third-order valence-electron chi connectivity index (χ3n) is 8.98. The van der Waals surface area contributed by atoms with E-state index in [-0.39, 0.29) is 25.8 Å². The second kappa shape index (κ2) is 11.5. The molecule has 0 atom stereocenters. The number of fused-ring (bicyclic) bond motifs is 9. The summed E-state index contributed by atoms with van der Waals surface area (Å²) in [6.07, 6.45) is 3.95. The maximum atomic E-state index is 6.50. The van der Waals surface area contributed by atoms with Crippen molar-refractivity contribution in [3.63, 3.8) is 0 Å². The summed E-state index contributed by atoms with van der Waals surface area (Å²) in [5, 5.41) is 5.39. The summed E-state index contributed by atoms with van der Waals surface area (Å²) < 4.78 is 10.8. The average Bonchev–Trinajstić information content (AvgIpc) is 3.69. The van der Waals surface area contributed by atoms with Gasteiger partial charge in [-0.1, -0.05) is 104 Å². The number of hydrogen-bond acceptors (Lipinski definition) is 3. The van der Waals surface area contributed by atoms with Gasteiger partial charge in [0, 0.05) is 45.7 Å². The van der Waals surface area contributed by atoms with Crippen LogP contribution in [0.3, 0.4) is 0 Å². The Kier molecular flexibility index (Phi) is 7.18. The molecule has 0 N–H and O–H groups in total. The predicted octanol–water partition coefficient (Wildman–Crippen LogP) is 10.5. The molecule has 4 aromatic heterocycles. The quantitative estimate of drug-likeness (QED) is 0.104. The number of benzene rings is 5. The van der Waals surface area contributed by atoms with Crippen LogP contribution in [0.2, 0.25) is 0 Å². The van der Waals surface area contributed by atoms with Gasteiger partial charge in [-0.25, -0.2) is 4.98 Å². The first-order valence-electron chi connectivity index (χ1n) is 15.8. The molecular formula is C42H30N4OPd. The van der Waals surface area contributed by atoms with Crippen molar-refractivity contribution in [2.24, 2.45) is 0 Å². The van der Waals surface area contributed by atoms with E-state index in [0.29, 0.717) is 11.5 Å². The van der Waals surface area contributed by atoms with Crippen molar-refractivity contribution in [3.05, 3.63) is 145 Å². The standard InChI is InChI=1S/C42H30N4O.Pd/c1-42(2,3)28-18-20-34-35-16-10-22-43-40(35)46(39(34)23-28)29-13-9-14-30(24-29)47-31-19-21-32-33-15-7-8-17-38(33)45-26-37(27-11-5-4-6-12-27)44-41(45)36(32)25-31;/h4-23,26H,1-3H3;/q-2;+2. The molecule has 0 aliphatic heterocycles. The average molecular weight is 713 g/mol. The molecule has 0 bridgehead atoms. The van der Waals surface area contributed by atoms with Crippen LogP contribution in [0.5, 0.6) is 11.5 Å². The first-order valence-corrected chi connectivity index (χ1v) is 15.8. The van der Waals surface area contributed by atoms with E-state index in [1.807, 2.05) is 48.7 Å². The van der Waals surface area contributed by atoms with Gasteiger partial charge in [-0.15, -0.1) is 30.3 Å². The molecule has 5 nitrogen and oxygen atoms in total. The van der Waals surface area contributed by atoms with Crippen molar-refractivity contribution in [1.29, 1.82) is 0 Å². The summed E-state index contributed by atoms with van der Waals surface area (Å²) in [4.78, 5) is 9.90. The van der Waals surface area contributed by atoms with Crippen LogP contribution in [0, 0.1) is 12.1 Å². The zero-order valence-electron chi connectivity index (χ0n) is 26.6. The molecule has 4 heterocycles. The van der Waals surface area contributed by atoms with Gasteiger partial charge in [-0.3, -0.25) is 4.98 Å². The Morgan fingerprint density at radius 2 is 1.40 bits per heavy atom. The summed E-state index contributed by atoms with van der Waals surface area (Å²) in [7, 11) is 0. The van der Waals surface area contributed by atoms with Crippen LogP contribution in [-0.2, 0) is 25.8 Å². The van der Waals surface area contributed by atoms with E-state index in [9.17, 15) is 0 Å². The maximum absolute atomic E-state index is 6.50. The zero-order valence-corrected chi connectivity index (χ0v) is 28.2. The Morgan fingerprint density at radius 1 is 0.646 bits per heavy atom. The molecule has 234 valence electrons. The molecule has 6 heteroatoms. The van der Waals surface area contributed by atoms with Gasteiger partial charge in [0.2, 0.25) is 0 Å². The fourth-order valence-corrected chi connectivity index (χ4v) is 6.63. The molecule has 0 saturated heterocycles. The summed E-state index contributed by atoms with van der Waals surface area (Å²) >= 11 is 0. The van der Waals surface area contributed by atoms with E-state index in [1.54, 1.807) is 0 Å². The van der Waals surface area contributed by atoms with Crippen molar-refractivity contribution >= 4 is 49.3 Å². The minimum Gasteiger partial charge on any atom is -0.503 e. The monoisotopic (exact) mass is 712 g/mol. The third-order valence-corrected chi connectivity index (χ3v) is 8.98. The third kappa shape index (κ3) is 4.88. The minimum atomic E-state index is 0. The largest absolute Gasteiger partial charge is 2.00 e. The Bertz CT molecular complexity index is 2650. The Morgan fingerprint density at radius 3 is 2.25 bits per heavy atom. The fraction of sp³-hybridized carbons (Fsp3) is 0.0952. The molecule has 0 aliphatic rings. The van der Waals surface area contributed by atoms with E-state index < -0.39 is 0 Å². The van der Waals surface area contributed by atoms with Crippen molar-refractivity contribution in [1.82, 2.24) is 18.9 Å². The van der Waals surface area contributed by atoms with E-state index >= 15 is 0 Å². The molecule has 0 unspecified atom stereocenters. The number of imidazole rings is 1. The predicted molar refractivity (Wildman–Crippen MR) is 191 cm³/mol. The van der Waals surface area contributed by atoms with Gasteiger partial charge >= 0.3 is 20.4 Å². The molecule has 5 aromatic carbocycles. The molecule has 0 fully saturated rings. The SMILES string of the molecule is CC(C)(C)c1ccc2c3cccnc3n(-c3[c-]c(Oc4[c-]c5c(cc4)c4ccccc4n4cc(-c6ccccc6)nc54)ccc3)c2c1.[Pd+2]. The number of rotatable bonds is 4. The van der Waals surface area contributed by atoms with Crippen molar-refractivity contribution in [2.75, 3.05) is 0 Å². The Balaban J connectivity index is 0.00000336. The van der Waals surface area contributed by atoms with E-state index in [0.717, 1.165) is 66.2 Å². The van der Waals surface area contributed by atoms with Crippen LogP contribution in [0.1, 0.15) is 26.3 Å². The molecular weight excluding hydrogens is 683 g/mol. The molecule has 0 saturated carbocycles. The van der Waals surface area contributed by atoms with Gasteiger partial charge in [0.25, 0.3) is 0 Å². The number of aromatic nitrogens is 4. The van der Waals surface area contributed by atoms with Crippen LogP contribution in [0.4, 0.5) is 0 Å². The first kappa shape index (κ1) is 30.1. The fourth-order valence-electron chi connectivity index (χ4n) is 6.63. The number of hydrogen-bond donors (Lipinski definition) is 0. The first-order chi connectivity index (χ1) is 22.9. The van der Waals surface area contributed by atoms with E-state index in [4.69, 9.17) is 14.7 Å². The van der Waals surface area contributed by atoms with E-state index in [1.165, 1.54) is 5.56 Å². The molecule has 0 radical (unpaired) electrons. The number of ether oxygens (including phenoxy) is 1. The summed E-state index contributed by atoms with van der Waals surface area (Å²) in [6, 6.07) is 46.7. The summed E-state index contributed by atoms with van der Waals surface area (Å²) in [5.74, 6) is 1.20. The van der Waals surface area contributed by atoms with Gasteiger partial charge in [0.1, 0.15) is 5.65 Å². The molecule has 0 spiro atoms. The second-order valence-electron chi connectivity index (χ2n) is 13.0. The molecule has 9 rings (SSSR count). The minimum absolute atomic E-state index is 0. The van der Waals surface area contributed by atoms with Gasteiger partial charge in [0.05, 0.1) is 16.9 Å². The molecule has 0 amide bonds. The number of nitrogens with zero attached hydrogens (tertiary/aromatic N) is 4. The van der Waals surface area contributed by atoms with Crippen LogP contribution >= 0.6 is 0 Å². The van der Waals surface area contributed by atoms with E-state index in [2.05, 4.69) is 121 Å². The Hall–Kier alpha value is -5.28. The summed E-state index contributed by atoms with van der Waals surface area (Å²) in [5.41, 5.74) is 8.05. The number of pyridine rings is 2. The smallest absolute Gasteiger partial charge is 0.503 e. The van der Waals surface area contributed by atoms with Gasteiger partial charge in [0.15, 0.2) is 0 Å². The van der Waals surface area contributed by atoms with Gasteiger partial charge in [-0.05, 0) is 40.6 Å². The van der Waals surface area contributed by atoms with Crippen molar-refractivity contribution in [2.45, 2.75) is 26.2 Å². The molecule has 0 aliphatic carbocycles. The second-order valence-corrected chi connectivity index (χ2v) is 13.0.